The highest BCUT2D eigenvalue weighted by molar-refractivity contribution is 7.90. The normalized spacial score (nSPS) is 17.8. The van der Waals surface area contributed by atoms with Crippen molar-refractivity contribution in [2.75, 3.05) is 26.0 Å². The summed E-state index contributed by atoms with van der Waals surface area (Å²) in [6, 6.07) is 13.0. The van der Waals surface area contributed by atoms with E-state index in [1.54, 1.807) is 57.2 Å². The largest absolute Gasteiger partial charge is 0.344 e. The molecule has 0 radical (unpaired) electrons. The summed E-state index contributed by atoms with van der Waals surface area (Å²) in [5.74, 6) is -1.25. The van der Waals surface area contributed by atoms with Crippen LogP contribution in [0.15, 0.2) is 53.4 Å². The lowest BCUT2D eigenvalue weighted by Crippen LogP contribution is -2.26. The third-order valence-corrected chi connectivity index (χ3v) is 9.61. The quantitative estimate of drug-likeness (QED) is 0.338. The van der Waals surface area contributed by atoms with Crippen LogP contribution in [0.2, 0.25) is 5.02 Å². The maximum atomic E-state index is 13.9. The third kappa shape index (κ3) is 4.58. The molecule has 1 aromatic heterocycles. The molecule has 2 aromatic carbocycles. The number of hydrogen-bond donors (Lipinski definition) is 0. The molecule has 1 aliphatic rings. The standard InChI is InChI=1S/C23H27ClNO7PS/c1-4-31-33(26,5-2)32-16-21-22(23(3)29-13-14-30-23)19-15-17(24)11-12-20(19)25(21)34(27,28)18-9-7-6-8-10-18/h6-12,15H,4-5,13-14,16H2,1-3H3. The van der Waals surface area contributed by atoms with Crippen molar-refractivity contribution >= 4 is 40.1 Å². The maximum Gasteiger partial charge on any atom is 0.330 e. The van der Waals surface area contributed by atoms with Crippen molar-refractivity contribution in [2.24, 2.45) is 0 Å². The Hall–Kier alpha value is -1.71. The average Bonchev–Trinajstić information content (AvgIpc) is 3.40. The van der Waals surface area contributed by atoms with Gasteiger partial charge in [0.15, 0.2) is 5.79 Å². The Morgan fingerprint density at radius 3 is 2.38 bits per heavy atom. The summed E-state index contributed by atoms with van der Waals surface area (Å²) >= 11 is 6.31. The first kappa shape index (κ1) is 25.4. The van der Waals surface area contributed by atoms with E-state index in [0.717, 1.165) is 0 Å². The zero-order valence-electron chi connectivity index (χ0n) is 19.2. The lowest BCUT2D eigenvalue weighted by Gasteiger charge is -2.25. The molecule has 1 atom stereocenters. The van der Waals surface area contributed by atoms with Gasteiger partial charge in [-0.3, -0.25) is 4.57 Å². The molecule has 4 rings (SSSR count). The van der Waals surface area contributed by atoms with E-state index in [1.165, 1.54) is 16.1 Å². The smallest absolute Gasteiger partial charge is 0.330 e. The Morgan fingerprint density at radius 2 is 1.76 bits per heavy atom. The van der Waals surface area contributed by atoms with Crippen molar-refractivity contribution in [1.29, 1.82) is 0 Å². The van der Waals surface area contributed by atoms with Crippen molar-refractivity contribution in [3.8, 4) is 0 Å². The Labute approximate surface area is 204 Å². The van der Waals surface area contributed by atoms with Crippen molar-refractivity contribution < 1.29 is 31.5 Å². The number of fused-ring (bicyclic) bond motifs is 1. The van der Waals surface area contributed by atoms with E-state index < -0.39 is 23.4 Å². The molecule has 3 aromatic rings. The topological polar surface area (TPSA) is 93.1 Å². The molecule has 0 spiro atoms. The molecule has 1 saturated heterocycles. The summed E-state index contributed by atoms with van der Waals surface area (Å²) in [6.07, 6.45) is 0.137. The molecular weight excluding hydrogens is 501 g/mol. The highest BCUT2D eigenvalue weighted by atomic mass is 35.5. The molecule has 1 aliphatic heterocycles. The van der Waals surface area contributed by atoms with Crippen LogP contribution in [0.25, 0.3) is 10.9 Å². The fraction of sp³-hybridized carbons (Fsp3) is 0.391. The van der Waals surface area contributed by atoms with Crippen LogP contribution in [-0.4, -0.2) is 38.4 Å². The summed E-state index contributed by atoms with van der Waals surface area (Å²) in [6.45, 7) is 5.70. The van der Waals surface area contributed by atoms with Crippen LogP contribution in [0, 0.1) is 0 Å². The lowest BCUT2D eigenvalue weighted by molar-refractivity contribution is -0.149. The molecular formula is C23H27ClNO7PS. The van der Waals surface area contributed by atoms with Gasteiger partial charge in [-0.05, 0) is 44.2 Å². The van der Waals surface area contributed by atoms with E-state index >= 15 is 0 Å². The van der Waals surface area contributed by atoms with Crippen LogP contribution in [0.4, 0.5) is 0 Å². The Kier molecular flexibility index (Phi) is 7.27. The van der Waals surface area contributed by atoms with Crippen molar-refractivity contribution in [3.05, 3.63) is 64.8 Å². The molecule has 34 heavy (non-hydrogen) atoms. The lowest BCUT2D eigenvalue weighted by atomic mass is 10.0. The van der Waals surface area contributed by atoms with Gasteiger partial charge in [0.1, 0.15) is 0 Å². The molecule has 1 unspecified atom stereocenters. The molecule has 8 nitrogen and oxygen atoms in total. The molecule has 0 saturated carbocycles. The number of aromatic nitrogens is 1. The van der Waals surface area contributed by atoms with E-state index in [1.807, 2.05) is 0 Å². The highest BCUT2D eigenvalue weighted by Crippen LogP contribution is 2.50. The molecule has 184 valence electrons. The van der Waals surface area contributed by atoms with Crippen LogP contribution in [0.1, 0.15) is 32.0 Å². The second-order valence-electron chi connectivity index (χ2n) is 7.83. The summed E-state index contributed by atoms with van der Waals surface area (Å²) in [5, 5.41) is 0.961. The van der Waals surface area contributed by atoms with Crippen molar-refractivity contribution in [2.45, 2.75) is 38.1 Å². The Bertz CT molecular complexity index is 1330. The highest BCUT2D eigenvalue weighted by Gasteiger charge is 2.41. The second kappa shape index (κ2) is 9.74. The molecule has 11 heteroatoms. The summed E-state index contributed by atoms with van der Waals surface area (Å²) in [5.41, 5.74) is 1.07. The molecule has 1 fully saturated rings. The van der Waals surface area contributed by atoms with Gasteiger partial charge in [0, 0.05) is 22.1 Å². The molecule has 0 bridgehead atoms. The molecule has 2 heterocycles. The maximum absolute atomic E-state index is 13.9. The van der Waals surface area contributed by atoms with Crippen molar-refractivity contribution in [1.82, 2.24) is 3.97 Å². The monoisotopic (exact) mass is 527 g/mol. The number of nitrogens with zero attached hydrogens (tertiary/aromatic N) is 1. The number of halogens is 1. The zero-order chi connectivity index (χ0) is 24.6. The number of ether oxygens (including phenoxy) is 2. The summed E-state index contributed by atoms with van der Waals surface area (Å²) in [7, 11) is -7.53. The van der Waals surface area contributed by atoms with E-state index in [9.17, 15) is 13.0 Å². The van der Waals surface area contributed by atoms with E-state index in [4.69, 9.17) is 30.1 Å². The van der Waals surface area contributed by atoms with Gasteiger partial charge < -0.3 is 18.5 Å². The van der Waals surface area contributed by atoms with Crippen LogP contribution < -0.4 is 0 Å². The first-order chi connectivity index (χ1) is 16.1. The van der Waals surface area contributed by atoms with Gasteiger partial charge in [-0.1, -0.05) is 36.7 Å². The van der Waals surface area contributed by atoms with Gasteiger partial charge in [-0.2, -0.15) is 0 Å². The number of benzene rings is 2. The predicted molar refractivity (Wildman–Crippen MR) is 130 cm³/mol. The van der Waals surface area contributed by atoms with Gasteiger partial charge in [-0.25, -0.2) is 12.4 Å². The van der Waals surface area contributed by atoms with Gasteiger partial charge in [0.05, 0.1) is 42.5 Å². The molecule has 0 aliphatic carbocycles. The fourth-order valence-corrected chi connectivity index (χ4v) is 7.02. The van der Waals surface area contributed by atoms with Gasteiger partial charge in [0.2, 0.25) is 0 Å². The van der Waals surface area contributed by atoms with Gasteiger partial charge >= 0.3 is 7.60 Å². The van der Waals surface area contributed by atoms with E-state index in [2.05, 4.69) is 0 Å². The van der Waals surface area contributed by atoms with Crippen LogP contribution >= 0.6 is 19.2 Å². The average molecular weight is 528 g/mol. The van der Waals surface area contributed by atoms with Crippen molar-refractivity contribution in [3.63, 3.8) is 0 Å². The zero-order valence-corrected chi connectivity index (χ0v) is 21.7. The van der Waals surface area contributed by atoms with E-state index in [-0.39, 0.29) is 30.0 Å². The SMILES string of the molecule is CCOP(=O)(CC)OCc1c(C2(C)OCCO2)c2cc(Cl)ccc2n1S(=O)(=O)c1ccccc1. The van der Waals surface area contributed by atoms with Crippen LogP contribution in [-0.2, 0) is 45.5 Å². The minimum Gasteiger partial charge on any atom is -0.344 e. The summed E-state index contributed by atoms with van der Waals surface area (Å²) in [4.78, 5) is 0.0940. The van der Waals surface area contributed by atoms with Crippen LogP contribution in [0.5, 0.6) is 0 Å². The summed E-state index contributed by atoms with van der Waals surface area (Å²) < 4.78 is 65.1. The molecule has 0 N–H and O–H groups in total. The second-order valence-corrected chi connectivity index (χ2v) is 12.4. The number of rotatable bonds is 9. The third-order valence-electron chi connectivity index (χ3n) is 5.67. The van der Waals surface area contributed by atoms with Crippen LogP contribution in [0.3, 0.4) is 0 Å². The Morgan fingerprint density at radius 1 is 1.09 bits per heavy atom. The van der Waals surface area contributed by atoms with Gasteiger partial charge in [0.25, 0.3) is 10.0 Å². The number of hydrogen-bond acceptors (Lipinski definition) is 7. The fourth-order valence-electron chi connectivity index (χ4n) is 4.13. The van der Waals surface area contributed by atoms with E-state index in [0.29, 0.717) is 34.7 Å². The predicted octanol–water partition coefficient (Wildman–Crippen LogP) is 5.52. The Balaban J connectivity index is 2.02. The first-order valence-electron chi connectivity index (χ1n) is 10.9. The van der Waals surface area contributed by atoms with Gasteiger partial charge in [-0.15, -0.1) is 0 Å². The minimum atomic E-state index is -4.08. The molecule has 0 amide bonds. The first-order valence-corrected chi connectivity index (χ1v) is 14.5. The minimum absolute atomic E-state index is 0.0940.